The van der Waals surface area contributed by atoms with Crippen molar-refractivity contribution in [2.75, 3.05) is 37.7 Å². The molecule has 8 heteroatoms. The van der Waals surface area contributed by atoms with E-state index in [1.165, 1.54) is 0 Å². The number of piperidine rings is 1. The molecule has 0 radical (unpaired) electrons. The average Bonchev–Trinajstić information content (AvgIpc) is 2.62. The van der Waals surface area contributed by atoms with E-state index in [0.29, 0.717) is 38.3 Å². The summed E-state index contributed by atoms with van der Waals surface area (Å²) in [7, 11) is 0. The van der Waals surface area contributed by atoms with Crippen LogP contribution in [0.2, 0.25) is 0 Å². The van der Waals surface area contributed by atoms with E-state index in [9.17, 15) is 14.4 Å². The smallest absolute Gasteiger partial charge is 0.409 e. The molecule has 1 N–H and O–H groups in total. The Bertz CT molecular complexity index is 685. The molecule has 0 unspecified atom stereocenters. The lowest BCUT2D eigenvalue weighted by molar-refractivity contribution is -0.133. The molecule has 8 nitrogen and oxygen atoms in total. The fourth-order valence-corrected chi connectivity index (χ4v) is 3.21. The van der Waals surface area contributed by atoms with Crippen LogP contribution < -0.4 is 15.0 Å². The van der Waals surface area contributed by atoms with Crippen molar-refractivity contribution < 1.29 is 23.9 Å². The number of amides is 2. The minimum atomic E-state index is -0.376. The van der Waals surface area contributed by atoms with E-state index >= 15 is 0 Å². The summed E-state index contributed by atoms with van der Waals surface area (Å²) in [5.41, 5.74) is 0.736. The molecule has 2 heterocycles. The number of benzene rings is 1. The molecule has 1 aromatic carbocycles. The lowest BCUT2D eigenvalue weighted by Gasteiger charge is -2.33. The second-order valence-corrected chi connectivity index (χ2v) is 6.33. The molecular weight excluding hydrogens is 338 g/mol. The molecule has 1 saturated heterocycles. The standard InChI is InChI=1S/C18H23N3O5/c1-2-25-18(24)20-9-7-13(8-10-20)19-16(22)11-21-12-17(23)26-15-6-4-3-5-14(15)21/h3-6,13H,2,7-12H2,1H3,(H,19,22). The summed E-state index contributed by atoms with van der Waals surface area (Å²) in [5.74, 6) is -0.0531. The van der Waals surface area contributed by atoms with E-state index in [1.807, 2.05) is 12.1 Å². The number of nitrogens with one attached hydrogen (secondary N) is 1. The van der Waals surface area contributed by atoms with E-state index in [4.69, 9.17) is 9.47 Å². The zero-order valence-electron chi connectivity index (χ0n) is 14.8. The van der Waals surface area contributed by atoms with Crippen molar-refractivity contribution >= 4 is 23.7 Å². The van der Waals surface area contributed by atoms with Crippen molar-refractivity contribution in [3.8, 4) is 5.75 Å². The zero-order valence-corrected chi connectivity index (χ0v) is 14.8. The summed E-state index contributed by atoms with van der Waals surface area (Å²) in [6.45, 7) is 3.38. The van der Waals surface area contributed by atoms with E-state index < -0.39 is 0 Å². The molecule has 0 aromatic heterocycles. The van der Waals surface area contributed by atoms with Crippen LogP contribution in [0, 0.1) is 0 Å². The van der Waals surface area contributed by atoms with E-state index in [1.54, 1.807) is 28.9 Å². The van der Waals surface area contributed by atoms with Crippen LogP contribution in [-0.2, 0) is 14.3 Å². The Morgan fingerprint density at radius 1 is 1.27 bits per heavy atom. The molecule has 2 amide bonds. The number of hydrogen-bond donors (Lipinski definition) is 1. The SMILES string of the molecule is CCOC(=O)N1CCC(NC(=O)CN2CC(=O)Oc3ccccc32)CC1. The first-order valence-corrected chi connectivity index (χ1v) is 8.82. The number of likely N-dealkylation sites (tertiary alicyclic amines) is 1. The number of rotatable bonds is 4. The van der Waals surface area contributed by atoms with Crippen LogP contribution in [-0.4, -0.2) is 61.7 Å². The summed E-state index contributed by atoms with van der Waals surface area (Å²) in [6, 6.07) is 7.18. The van der Waals surface area contributed by atoms with Gasteiger partial charge in [0.1, 0.15) is 6.54 Å². The highest BCUT2D eigenvalue weighted by molar-refractivity contribution is 5.89. The Morgan fingerprint density at radius 3 is 2.73 bits per heavy atom. The monoisotopic (exact) mass is 361 g/mol. The number of carbonyl (C=O) groups excluding carboxylic acids is 3. The van der Waals surface area contributed by atoms with E-state index in [0.717, 1.165) is 5.69 Å². The highest BCUT2D eigenvalue weighted by Crippen LogP contribution is 2.31. The molecule has 0 bridgehead atoms. The fraction of sp³-hybridized carbons (Fsp3) is 0.500. The molecule has 1 aromatic rings. The molecule has 0 saturated carbocycles. The van der Waals surface area contributed by atoms with Crippen molar-refractivity contribution in [3.63, 3.8) is 0 Å². The van der Waals surface area contributed by atoms with Crippen molar-refractivity contribution in [1.29, 1.82) is 0 Å². The molecule has 3 rings (SSSR count). The minimum absolute atomic E-state index is 0.0140. The van der Waals surface area contributed by atoms with Crippen molar-refractivity contribution in [1.82, 2.24) is 10.2 Å². The number of fused-ring (bicyclic) bond motifs is 1. The Balaban J connectivity index is 1.51. The second kappa shape index (κ2) is 8.07. The normalized spacial score (nSPS) is 17.3. The van der Waals surface area contributed by atoms with Gasteiger partial charge in [0.2, 0.25) is 5.91 Å². The van der Waals surface area contributed by atoms with Crippen LogP contribution in [0.25, 0.3) is 0 Å². The molecule has 140 valence electrons. The highest BCUT2D eigenvalue weighted by atomic mass is 16.6. The largest absolute Gasteiger partial charge is 0.450 e. The zero-order chi connectivity index (χ0) is 18.5. The number of nitrogens with zero attached hydrogens (tertiary/aromatic N) is 2. The van der Waals surface area contributed by atoms with Crippen LogP contribution in [0.5, 0.6) is 5.75 Å². The lowest BCUT2D eigenvalue weighted by atomic mass is 10.1. The van der Waals surface area contributed by atoms with Crippen LogP contribution in [0.1, 0.15) is 19.8 Å². The lowest BCUT2D eigenvalue weighted by Crippen LogP contribution is -2.50. The van der Waals surface area contributed by atoms with Gasteiger partial charge in [0.15, 0.2) is 5.75 Å². The van der Waals surface area contributed by atoms with Crippen LogP contribution in [0.4, 0.5) is 10.5 Å². The van der Waals surface area contributed by atoms with Crippen molar-refractivity contribution in [2.24, 2.45) is 0 Å². The predicted molar refractivity (Wildman–Crippen MR) is 94.0 cm³/mol. The third kappa shape index (κ3) is 4.25. The van der Waals surface area contributed by atoms with Crippen LogP contribution in [0.15, 0.2) is 24.3 Å². The van der Waals surface area contributed by atoms with Gasteiger partial charge in [-0.1, -0.05) is 12.1 Å². The fourth-order valence-electron chi connectivity index (χ4n) is 3.21. The molecule has 0 aliphatic carbocycles. The maximum atomic E-state index is 12.4. The summed E-state index contributed by atoms with van der Waals surface area (Å²) in [6.07, 6.45) is 1.06. The maximum absolute atomic E-state index is 12.4. The molecule has 2 aliphatic heterocycles. The number of hydrogen-bond acceptors (Lipinski definition) is 6. The minimum Gasteiger partial charge on any atom is -0.450 e. The summed E-state index contributed by atoms with van der Waals surface area (Å²) >= 11 is 0. The summed E-state index contributed by atoms with van der Waals surface area (Å²) in [4.78, 5) is 39.2. The molecule has 2 aliphatic rings. The number of ether oxygens (including phenoxy) is 2. The molecule has 0 atom stereocenters. The Kier molecular flexibility index (Phi) is 5.60. The van der Waals surface area contributed by atoms with Gasteiger partial charge in [-0.15, -0.1) is 0 Å². The van der Waals surface area contributed by atoms with Crippen molar-refractivity contribution in [3.05, 3.63) is 24.3 Å². The number of carbonyl (C=O) groups is 3. The number of anilines is 1. The third-order valence-corrected chi connectivity index (χ3v) is 4.47. The van der Waals surface area contributed by atoms with Gasteiger partial charge >= 0.3 is 12.1 Å². The van der Waals surface area contributed by atoms with Gasteiger partial charge in [-0.2, -0.15) is 0 Å². The first kappa shape index (κ1) is 18.0. The van der Waals surface area contributed by atoms with Gasteiger partial charge < -0.3 is 24.6 Å². The third-order valence-electron chi connectivity index (χ3n) is 4.47. The van der Waals surface area contributed by atoms with Gasteiger partial charge in [-0.3, -0.25) is 4.79 Å². The first-order valence-electron chi connectivity index (χ1n) is 8.82. The quantitative estimate of drug-likeness (QED) is 0.639. The highest BCUT2D eigenvalue weighted by Gasteiger charge is 2.28. The molecule has 26 heavy (non-hydrogen) atoms. The second-order valence-electron chi connectivity index (χ2n) is 6.33. The van der Waals surface area contributed by atoms with Gasteiger partial charge in [0.25, 0.3) is 0 Å². The van der Waals surface area contributed by atoms with Crippen LogP contribution in [0.3, 0.4) is 0 Å². The van der Waals surface area contributed by atoms with Crippen molar-refractivity contribution in [2.45, 2.75) is 25.8 Å². The number of esters is 1. The average molecular weight is 361 g/mol. The maximum Gasteiger partial charge on any atom is 0.409 e. The summed E-state index contributed by atoms with van der Waals surface area (Å²) < 4.78 is 10.2. The number of para-hydroxylation sites is 2. The van der Waals surface area contributed by atoms with Gasteiger partial charge in [0.05, 0.1) is 18.8 Å². The Hall–Kier alpha value is -2.77. The molecular formula is C18H23N3O5. The predicted octanol–water partition coefficient (Wildman–Crippen LogP) is 1.15. The van der Waals surface area contributed by atoms with Gasteiger partial charge in [-0.05, 0) is 31.9 Å². The Morgan fingerprint density at radius 2 is 2.00 bits per heavy atom. The van der Waals surface area contributed by atoms with Crippen LogP contribution >= 0.6 is 0 Å². The Labute approximate surface area is 152 Å². The van der Waals surface area contributed by atoms with Gasteiger partial charge in [0, 0.05) is 19.1 Å². The molecule has 1 fully saturated rings. The summed E-state index contributed by atoms with van der Waals surface area (Å²) in [5, 5.41) is 2.99. The first-order chi connectivity index (χ1) is 12.6. The topological polar surface area (TPSA) is 88.2 Å². The van der Waals surface area contributed by atoms with E-state index in [2.05, 4.69) is 5.32 Å². The van der Waals surface area contributed by atoms with Gasteiger partial charge in [-0.25, -0.2) is 9.59 Å². The van der Waals surface area contributed by atoms with E-state index in [-0.39, 0.29) is 37.1 Å². The molecule has 0 spiro atoms.